The van der Waals surface area contributed by atoms with Crippen molar-refractivity contribution in [3.63, 3.8) is 0 Å². The summed E-state index contributed by atoms with van der Waals surface area (Å²) >= 11 is 0. The molecule has 0 spiro atoms. The summed E-state index contributed by atoms with van der Waals surface area (Å²) in [6.45, 7) is 0.176. The number of hydrogen-bond acceptors (Lipinski definition) is 5. The number of amides is 1. The van der Waals surface area contributed by atoms with E-state index in [1.807, 2.05) is 0 Å². The van der Waals surface area contributed by atoms with Gasteiger partial charge in [-0.3, -0.25) is 4.79 Å². The highest BCUT2D eigenvalue weighted by molar-refractivity contribution is 6.13. The summed E-state index contributed by atoms with van der Waals surface area (Å²) in [4.78, 5) is 26.3. The van der Waals surface area contributed by atoms with E-state index in [-0.39, 0.29) is 18.2 Å². The number of para-hydroxylation sites is 1. The van der Waals surface area contributed by atoms with Gasteiger partial charge in [0.1, 0.15) is 0 Å². The maximum atomic E-state index is 12.3. The van der Waals surface area contributed by atoms with E-state index in [9.17, 15) is 14.7 Å². The molecule has 0 bridgehead atoms. The van der Waals surface area contributed by atoms with E-state index >= 15 is 0 Å². The molecule has 0 radical (unpaired) electrons. The van der Waals surface area contributed by atoms with E-state index in [2.05, 4.69) is 10.3 Å². The first-order valence-electron chi connectivity index (χ1n) is 7.82. The Bertz CT molecular complexity index is 1050. The maximum Gasteiger partial charge on any atom is 0.248 e. The molecule has 0 saturated heterocycles. The summed E-state index contributed by atoms with van der Waals surface area (Å²) in [7, 11) is 0. The van der Waals surface area contributed by atoms with Crippen molar-refractivity contribution in [3.05, 3.63) is 59.8 Å². The monoisotopic (exact) mass is 349 g/mol. The molecule has 1 aromatic heterocycles. The largest absolute Gasteiger partial charge is 0.543 e. The quantitative estimate of drug-likeness (QED) is 0.700. The molecule has 1 amide bonds. The van der Waals surface area contributed by atoms with Crippen LogP contribution in [0.3, 0.4) is 0 Å². The second kappa shape index (κ2) is 6.29. The smallest absolute Gasteiger partial charge is 0.248 e. The Morgan fingerprint density at radius 1 is 1.12 bits per heavy atom. The van der Waals surface area contributed by atoms with Gasteiger partial charge in [0.2, 0.25) is 12.7 Å². The summed E-state index contributed by atoms with van der Waals surface area (Å²) in [6.07, 6.45) is 2.92. The van der Waals surface area contributed by atoms with Crippen molar-refractivity contribution < 1.29 is 24.2 Å². The van der Waals surface area contributed by atoms with Crippen LogP contribution in [0.4, 0.5) is 5.69 Å². The molecular weight excluding hydrogens is 336 g/mol. The minimum Gasteiger partial charge on any atom is -0.543 e. The van der Waals surface area contributed by atoms with Crippen molar-refractivity contribution in [2.24, 2.45) is 0 Å². The minimum absolute atomic E-state index is 0.170. The molecule has 130 valence electrons. The van der Waals surface area contributed by atoms with Gasteiger partial charge in [0.05, 0.1) is 17.4 Å². The molecule has 3 aromatic rings. The van der Waals surface area contributed by atoms with Gasteiger partial charge in [-0.2, -0.15) is 0 Å². The molecular formula is C19H13N2O5-. The number of hydrogen-bond donors (Lipinski definition) is 2. The SMILES string of the molecule is O=C(/C=C/c1ccc2c(c1)OCO2)Nc1c(C(=O)[O-])[nH]c2ccccc12. The van der Waals surface area contributed by atoms with Gasteiger partial charge in [-0.15, -0.1) is 0 Å². The van der Waals surface area contributed by atoms with E-state index in [0.717, 1.165) is 5.56 Å². The number of carbonyl (C=O) groups is 2. The Morgan fingerprint density at radius 3 is 2.77 bits per heavy atom. The standard InChI is InChI=1S/C19H14N2O5/c22-16(8-6-11-5-7-14-15(9-11)26-10-25-14)21-17-12-3-1-2-4-13(12)20-18(17)19(23)24/h1-9,20H,10H2,(H,21,22)(H,23,24)/p-1/b8-6+. The van der Waals surface area contributed by atoms with E-state index < -0.39 is 11.9 Å². The number of H-pyrrole nitrogens is 1. The van der Waals surface area contributed by atoms with E-state index in [0.29, 0.717) is 22.4 Å². The number of anilines is 1. The van der Waals surface area contributed by atoms with Crippen molar-refractivity contribution >= 4 is 34.5 Å². The van der Waals surface area contributed by atoms with Crippen LogP contribution in [0, 0.1) is 0 Å². The average Bonchev–Trinajstić information content (AvgIpc) is 3.24. The molecule has 0 saturated carbocycles. The Labute approximate surface area is 147 Å². The molecule has 2 heterocycles. The lowest BCUT2D eigenvalue weighted by atomic mass is 10.2. The van der Waals surface area contributed by atoms with Crippen LogP contribution in [0.15, 0.2) is 48.5 Å². The van der Waals surface area contributed by atoms with Crippen LogP contribution in [-0.4, -0.2) is 23.7 Å². The normalized spacial score (nSPS) is 12.6. The van der Waals surface area contributed by atoms with Crippen LogP contribution in [-0.2, 0) is 4.79 Å². The zero-order chi connectivity index (χ0) is 18.1. The number of benzene rings is 2. The molecule has 2 N–H and O–H groups in total. The van der Waals surface area contributed by atoms with Gasteiger partial charge in [-0.05, 0) is 29.8 Å². The number of fused-ring (bicyclic) bond motifs is 2. The fraction of sp³-hybridized carbons (Fsp3) is 0.0526. The number of aromatic nitrogens is 1. The number of carboxylic acids is 1. The number of aromatic carboxylic acids is 1. The van der Waals surface area contributed by atoms with E-state index in [4.69, 9.17) is 9.47 Å². The highest BCUT2D eigenvalue weighted by Gasteiger charge is 2.14. The summed E-state index contributed by atoms with van der Waals surface area (Å²) in [5.74, 6) is -0.585. The van der Waals surface area contributed by atoms with E-state index in [1.165, 1.54) is 6.08 Å². The molecule has 0 aliphatic carbocycles. The lowest BCUT2D eigenvalue weighted by Crippen LogP contribution is -2.24. The number of nitrogens with one attached hydrogen (secondary N) is 2. The zero-order valence-electron chi connectivity index (χ0n) is 13.4. The Hall–Kier alpha value is -3.74. The van der Waals surface area contributed by atoms with Gasteiger partial charge in [0.25, 0.3) is 0 Å². The third-order valence-electron chi connectivity index (χ3n) is 3.98. The van der Waals surface area contributed by atoms with Crippen molar-refractivity contribution in [2.75, 3.05) is 12.1 Å². The topological polar surface area (TPSA) is 103 Å². The third-order valence-corrected chi connectivity index (χ3v) is 3.98. The summed E-state index contributed by atoms with van der Waals surface area (Å²) < 4.78 is 10.5. The molecule has 26 heavy (non-hydrogen) atoms. The maximum absolute atomic E-state index is 12.3. The van der Waals surface area contributed by atoms with Crippen LogP contribution in [0.2, 0.25) is 0 Å². The number of carbonyl (C=O) groups excluding carboxylic acids is 2. The Kier molecular flexibility index (Phi) is 3.81. The average molecular weight is 349 g/mol. The van der Waals surface area contributed by atoms with Gasteiger partial charge < -0.3 is 29.7 Å². The van der Waals surface area contributed by atoms with Gasteiger partial charge in [-0.25, -0.2) is 0 Å². The fourth-order valence-electron chi connectivity index (χ4n) is 2.78. The summed E-state index contributed by atoms with van der Waals surface area (Å²) in [6, 6.07) is 12.3. The summed E-state index contributed by atoms with van der Waals surface area (Å²) in [5.41, 5.74) is 1.36. The second-order valence-electron chi connectivity index (χ2n) is 5.64. The van der Waals surface area contributed by atoms with Crippen molar-refractivity contribution in [2.45, 2.75) is 0 Å². The number of ether oxygens (including phenoxy) is 2. The van der Waals surface area contributed by atoms with Crippen molar-refractivity contribution in [3.8, 4) is 11.5 Å². The minimum atomic E-state index is -1.39. The number of aromatic amines is 1. The molecule has 0 atom stereocenters. The first-order chi connectivity index (χ1) is 12.6. The molecule has 1 aliphatic heterocycles. The predicted molar refractivity (Wildman–Crippen MR) is 92.9 cm³/mol. The Balaban J connectivity index is 1.58. The van der Waals surface area contributed by atoms with Crippen LogP contribution in [0.5, 0.6) is 11.5 Å². The van der Waals surface area contributed by atoms with Gasteiger partial charge in [-0.1, -0.05) is 24.3 Å². The fourth-order valence-corrected chi connectivity index (χ4v) is 2.78. The molecule has 0 unspecified atom stereocenters. The molecule has 7 nitrogen and oxygen atoms in total. The first-order valence-corrected chi connectivity index (χ1v) is 7.82. The predicted octanol–water partition coefficient (Wildman–Crippen LogP) is 1.91. The van der Waals surface area contributed by atoms with Gasteiger partial charge >= 0.3 is 0 Å². The highest BCUT2D eigenvalue weighted by Crippen LogP contribution is 2.33. The molecule has 0 fully saturated rings. The van der Waals surface area contributed by atoms with Crippen LogP contribution < -0.4 is 19.9 Å². The zero-order valence-corrected chi connectivity index (χ0v) is 13.4. The lowest BCUT2D eigenvalue weighted by Gasteiger charge is -2.06. The number of carboxylic acid groups (broad SMARTS) is 1. The van der Waals surface area contributed by atoms with Gasteiger partial charge in [0.15, 0.2) is 11.5 Å². The summed E-state index contributed by atoms with van der Waals surface area (Å²) in [5, 5.41) is 14.5. The molecule has 2 aromatic carbocycles. The van der Waals surface area contributed by atoms with E-state index in [1.54, 1.807) is 48.5 Å². The van der Waals surface area contributed by atoms with Gasteiger partial charge in [0, 0.05) is 17.0 Å². The van der Waals surface area contributed by atoms with Crippen molar-refractivity contribution in [1.82, 2.24) is 4.98 Å². The highest BCUT2D eigenvalue weighted by atomic mass is 16.7. The van der Waals surface area contributed by atoms with Crippen LogP contribution in [0.1, 0.15) is 16.1 Å². The first kappa shape index (κ1) is 15.8. The lowest BCUT2D eigenvalue weighted by molar-refractivity contribution is -0.255. The van der Waals surface area contributed by atoms with Crippen LogP contribution >= 0.6 is 0 Å². The number of rotatable bonds is 4. The molecule has 1 aliphatic rings. The molecule has 7 heteroatoms. The van der Waals surface area contributed by atoms with Crippen LogP contribution in [0.25, 0.3) is 17.0 Å². The van der Waals surface area contributed by atoms with Crippen molar-refractivity contribution in [1.29, 1.82) is 0 Å². The second-order valence-corrected chi connectivity index (χ2v) is 5.64. The Morgan fingerprint density at radius 2 is 1.92 bits per heavy atom. The third kappa shape index (κ3) is 2.86. The molecule has 4 rings (SSSR count).